The molecule has 0 bridgehead atoms. The van der Waals surface area contributed by atoms with Crippen molar-refractivity contribution in [2.75, 3.05) is 6.54 Å². The summed E-state index contributed by atoms with van der Waals surface area (Å²) in [7, 11) is 0. The predicted octanol–water partition coefficient (Wildman–Crippen LogP) is 7.26. The van der Waals surface area contributed by atoms with Crippen molar-refractivity contribution in [1.29, 1.82) is 0 Å². The molecular formula is C27H23BrF4N2O. The van der Waals surface area contributed by atoms with Crippen molar-refractivity contribution < 1.29 is 22.4 Å². The number of pyridine rings is 1. The zero-order valence-corrected chi connectivity index (χ0v) is 20.6. The van der Waals surface area contributed by atoms with Crippen LogP contribution in [0.2, 0.25) is 0 Å². The highest BCUT2D eigenvalue weighted by atomic mass is 79.9. The fourth-order valence-corrected chi connectivity index (χ4v) is 5.41. The third kappa shape index (κ3) is 4.48. The highest BCUT2D eigenvalue weighted by molar-refractivity contribution is 9.08. The lowest BCUT2D eigenvalue weighted by atomic mass is 9.86. The Bertz CT molecular complexity index is 1300. The van der Waals surface area contributed by atoms with Crippen LogP contribution in [0.3, 0.4) is 0 Å². The largest absolute Gasteiger partial charge is 0.433 e. The van der Waals surface area contributed by atoms with Gasteiger partial charge in [-0.1, -0.05) is 34.1 Å². The Balaban J connectivity index is 1.61. The van der Waals surface area contributed by atoms with Crippen LogP contribution < -0.4 is 0 Å². The summed E-state index contributed by atoms with van der Waals surface area (Å²) in [6, 6.07) is 11.2. The number of alkyl halides is 4. The molecule has 1 aromatic heterocycles. The van der Waals surface area contributed by atoms with E-state index < -0.39 is 11.9 Å². The molecule has 3 aromatic rings. The molecule has 3 nitrogen and oxygen atoms in total. The van der Waals surface area contributed by atoms with Crippen molar-refractivity contribution >= 4 is 21.8 Å². The number of aryl methyl sites for hydroxylation is 1. The molecule has 1 aliphatic carbocycles. The van der Waals surface area contributed by atoms with Crippen molar-refractivity contribution in [1.82, 2.24) is 9.88 Å². The normalized spacial score (nSPS) is 16.9. The number of halogens is 5. The number of aromatic nitrogens is 1. The van der Waals surface area contributed by atoms with Gasteiger partial charge in [-0.15, -0.1) is 0 Å². The molecular weight excluding hydrogens is 524 g/mol. The van der Waals surface area contributed by atoms with E-state index in [2.05, 4.69) is 20.9 Å². The van der Waals surface area contributed by atoms with Gasteiger partial charge in [-0.2, -0.15) is 13.2 Å². The molecule has 0 radical (unpaired) electrons. The first-order valence-corrected chi connectivity index (χ1v) is 12.6. The first kappa shape index (κ1) is 24.0. The molecule has 1 saturated carbocycles. The molecule has 2 aromatic carbocycles. The second kappa shape index (κ2) is 9.04. The lowest BCUT2D eigenvalue weighted by Crippen LogP contribution is -2.41. The Morgan fingerprint density at radius 3 is 2.51 bits per heavy atom. The van der Waals surface area contributed by atoms with Gasteiger partial charge in [-0.05, 0) is 84.2 Å². The Kier molecular flexibility index (Phi) is 6.20. The van der Waals surface area contributed by atoms with Crippen molar-refractivity contribution in [2.45, 2.75) is 43.7 Å². The number of fused-ring (bicyclic) bond motifs is 1. The standard InChI is InChI=1S/C27H23BrF4N2O/c1-15-11-18(6-7-23(15)29)24(17-4-5-17)34-10-8-19-21(12-16(14-28)13-22(19)26(34)35)20-3-2-9-33-25(20)27(30,31)32/h2-3,6-7,9,11-13,17,24H,4-5,8,10,14H2,1H3. The van der Waals surface area contributed by atoms with Gasteiger partial charge >= 0.3 is 6.18 Å². The molecule has 2 heterocycles. The fourth-order valence-electron chi connectivity index (χ4n) is 5.08. The zero-order chi connectivity index (χ0) is 24.9. The molecule has 35 heavy (non-hydrogen) atoms. The highest BCUT2D eigenvalue weighted by Gasteiger charge is 2.42. The van der Waals surface area contributed by atoms with Crippen molar-refractivity contribution in [3.05, 3.63) is 88.0 Å². The van der Waals surface area contributed by atoms with E-state index in [0.717, 1.165) is 24.6 Å². The SMILES string of the molecule is Cc1cc(C(C2CC2)N2CCc3c(cc(CBr)cc3-c3cccnc3C(F)(F)F)C2=O)ccc1F. The average Bonchev–Trinajstić information content (AvgIpc) is 3.67. The summed E-state index contributed by atoms with van der Waals surface area (Å²) in [6.45, 7) is 2.09. The van der Waals surface area contributed by atoms with Gasteiger partial charge < -0.3 is 4.90 Å². The van der Waals surface area contributed by atoms with Crippen molar-refractivity contribution in [2.24, 2.45) is 5.92 Å². The number of carbonyl (C=O) groups is 1. The second-order valence-electron chi connectivity index (χ2n) is 9.24. The van der Waals surface area contributed by atoms with E-state index >= 15 is 0 Å². The van der Waals surface area contributed by atoms with Crippen LogP contribution in [0.1, 0.15) is 57.2 Å². The van der Waals surface area contributed by atoms with Gasteiger partial charge in [0.15, 0.2) is 5.69 Å². The first-order chi connectivity index (χ1) is 16.7. The molecule has 5 rings (SSSR count). The van der Waals surface area contributed by atoms with Crippen LogP contribution in [0, 0.1) is 18.7 Å². The van der Waals surface area contributed by atoms with Crippen LogP contribution in [0.25, 0.3) is 11.1 Å². The van der Waals surface area contributed by atoms with Gasteiger partial charge in [0.1, 0.15) is 5.82 Å². The van der Waals surface area contributed by atoms with E-state index in [4.69, 9.17) is 0 Å². The van der Waals surface area contributed by atoms with E-state index in [1.807, 2.05) is 4.90 Å². The van der Waals surface area contributed by atoms with Crippen LogP contribution in [-0.4, -0.2) is 22.3 Å². The van der Waals surface area contributed by atoms with Crippen molar-refractivity contribution in [3.8, 4) is 11.1 Å². The molecule has 8 heteroatoms. The Hall–Kier alpha value is -2.74. The number of hydrogen-bond donors (Lipinski definition) is 0. The molecule has 1 atom stereocenters. The van der Waals surface area contributed by atoms with Gasteiger partial charge in [0.05, 0.1) is 6.04 Å². The minimum atomic E-state index is -4.61. The smallest absolute Gasteiger partial charge is 0.331 e. The maximum Gasteiger partial charge on any atom is 0.433 e. The van der Waals surface area contributed by atoms with Gasteiger partial charge in [-0.3, -0.25) is 9.78 Å². The maximum atomic E-state index is 13.9. The van der Waals surface area contributed by atoms with Crippen LogP contribution in [0.5, 0.6) is 0 Å². The zero-order valence-electron chi connectivity index (χ0n) is 19.0. The van der Waals surface area contributed by atoms with Crippen LogP contribution in [0.15, 0.2) is 48.7 Å². The average molecular weight is 547 g/mol. The summed E-state index contributed by atoms with van der Waals surface area (Å²) in [4.78, 5) is 19.3. The molecule has 0 spiro atoms. The summed E-state index contributed by atoms with van der Waals surface area (Å²) in [5.41, 5.74) is 2.58. The monoisotopic (exact) mass is 546 g/mol. The summed E-state index contributed by atoms with van der Waals surface area (Å²) in [5.74, 6) is -0.201. The number of benzene rings is 2. The molecule has 1 amide bonds. The minimum Gasteiger partial charge on any atom is -0.331 e. The van der Waals surface area contributed by atoms with Crippen LogP contribution >= 0.6 is 15.9 Å². The van der Waals surface area contributed by atoms with Crippen molar-refractivity contribution in [3.63, 3.8) is 0 Å². The van der Waals surface area contributed by atoms with E-state index in [-0.39, 0.29) is 23.3 Å². The molecule has 0 N–H and O–H groups in total. The number of nitrogens with zero attached hydrogens (tertiary/aromatic N) is 2. The number of rotatable bonds is 5. The first-order valence-electron chi connectivity index (χ1n) is 11.5. The summed E-state index contributed by atoms with van der Waals surface area (Å²) < 4.78 is 55.2. The van der Waals surface area contributed by atoms with Crippen LogP contribution in [-0.2, 0) is 17.9 Å². The molecule has 182 valence electrons. The lowest BCUT2D eigenvalue weighted by Gasteiger charge is -2.37. The maximum absolute atomic E-state index is 13.9. The fraction of sp³-hybridized carbons (Fsp3) is 0.333. The van der Waals surface area contributed by atoms with Gasteiger partial charge in [0.2, 0.25) is 0 Å². The lowest BCUT2D eigenvalue weighted by molar-refractivity contribution is -0.140. The van der Waals surface area contributed by atoms with Gasteiger partial charge in [0, 0.05) is 29.2 Å². The minimum absolute atomic E-state index is 0.0202. The third-order valence-electron chi connectivity index (χ3n) is 6.85. The van der Waals surface area contributed by atoms with Crippen LogP contribution in [0.4, 0.5) is 17.6 Å². The summed E-state index contributed by atoms with van der Waals surface area (Å²) >= 11 is 3.40. The Morgan fingerprint density at radius 1 is 1.11 bits per heavy atom. The summed E-state index contributed by atoms with van der Waals surface area (Å²) in [5, 5.41) is 0.394. The molecule has 0 saturated heterocycles. The number of hydrogen-bond acceptors (Lipinski definition) is 2. The van der Waals surface area contributed by atoms with Gasteiger partial charge in [-0.25, -0.2) is 4.39 Å². The summed E-state index contributed by atoms with van der Waals surface area (Å²) in [6.07, 6.45) is -1.10. The highest BCUT2D eigenvalue weighted by Crippen LogP contribution is 2.47. The Labute approximate surface area is 209 Å². The Morgan fingerprint density at radius 2 is 1.86 bits per heavy atom. The molecule has 1 aliphatic heterocycles. The number of amides is 1. The molecule has 1 fully saturated rings. The third-order valence-corrected chi connectivity index (χ3v) is 7.50. The second-order valence-corrected chi connectivity index (χ2v) is 9.80. The predicted molar refractivity (Wildman–Crippen MR) is 129 cm³/mol. The van der Waals surface area contributed by atoms with Gasteiger partial charge in [0.25, 0.3) is 5.91 Å². The van der Waals surface area contributed by atoms with E-state index in [9.17, 15) is 22.4 Å². The number of carbonyl (C=O) groups excluding carboxylic acids is 1. The van der Waals surface area contributed by atoms with E-state index in [1.54, 1.807) is 31.2 Å². The van der Waals surface area contributed by atoms with E-state index in [0.29, 0.717) is 52.0 Å². The van der Waals surface area contributed by atoms with E-state index in [1.165, 1.54) is 18.2 Å². The quantitative estimate of drug-likeness (QED) is 0.249. The molecule has 1 unspecified atom stereocenters. The topological polar surface area (TPSA) is 33.2 Å². The molecule has 2 aliphatic rings.